The van der Waals surface area contributed by atoms with Crippen LogP contribution in [0.2, 0.25) is 10.2 Å². The maximum atomic E-state index is 12.5. The van der Waals surface area contributed by atoms with Gasteiger partial charge in [-0.05, 0) is 18.2 Å². The minimum absolute atomic E-state index is 0.0666. The molecule has 9 heteroatoms. The van der Waals surface area contributed by atoms with E-state index >= 15 is 0 Å². The van der Waals surface area contributed by atoms with Crippen LogP contribution in [0.1, 0.15) is 5.56 Å². The number of alkyl halides is 3. The molecule has 0 bridgehead atoms. The Labute approximate surface area is 121 Å². The maximum absolute atomic E-state index is 12.5. The van der Waals surface area contributed by atoms with Gasteiger partial charge in [0.25, 0.3) is 0 Å². The van der Waals surface area contributed by atoms with E-state index in [1.807, 2.05) is 0 Å². The molecule has 20 heavy (non-hydrogen) atoms. The van der Waals surface area contributed by atoms with Gasteiger partial charge in [-0.2, -0.15) is 18.2 Å². The zero-order valence-corrected chi connectivity index (χ0v) is 11.2. The molecule has 106 valence electrons. The van der Waals surface area contributed by atoms with E-state index in [1.165, 1.54) is 12.1 Å². The first-order chi connectivity index (χ1) is 9.25. The van der Waals surface area contributed by atoms with Gasteiger partial charge in [0.2, 0.25) is 5.95 Å². The largest absolute Gasteiger partial charge is 0.416 e. The van der Waals surface area contributed by atoms with Crippen molar-refractivity contribution in [1.29, 1.82) is 0 Å². The van der Waals surface area contributed by atoms with Crippen LogP contribution in [0.15, 0.2) is 24.3 Å². The number of halogens is 5. The van der Waals surface area contributed by atoms with Crippen molar-refractivity contribution in [3.63, 3.8) is 0 Å². The Morgan fingerprint density at radius 1 is 1.10 bits per heavy atom. The van der Waals surface area contributed by atoms with Gasteiger partial charge in [-0.25, -0.2) is 4.98 Å². The van der Waals surface area contributed by atoms with E-state index in [1.54, 1.807) is 0 Å². The quantitative estimate of drug-likeness (QED) is 0.816. The number of nitrogens with one attached hydrogen (secondary N) is 1. The van der Waals surface area contributed by atoms with Gasteiger partial charge < -0.3 is 11.1 Å². The SMILES string of the molecule is Nc1nc(Cl)cc(Nc2ccc(C(F)(F)F)cc2Cl)n1. The monoisotopic (exact) mass is 322 g/mol. The molecular formula is C11H7Cl2F3N4. The number of hydrogen-bond acceptors (Lipinski definition) is 4. The van der Waals surface area contributed by atoms with Gasteiger partial charge in [-0.3, -0.25) is 0 Å². The van der Waals surface area contributed by atoms with Crippen LogP contribution < -0.4 is 11.1 Å². The lowest BCUT2D eigenvalue weighted by Gasteiger charge is -2.11. The molecule has 0 aliphatic carbocycles. The number of nitrogen functional groups attached to an aromatic ring is 1. The molecule has 0 saturated heterocycles. The number of aromatic nitrogens is 2. The Balaban J connectivity index is 2.30. The van der Waals surface area contributed by atoms with Crippen molar-refractivity contribution in [3.05, 3.63) is 40.0 Å². The van der Waals surface area contributed by atoms with Crippen LogP contribution in [0.25, 0.3) is 0 Å². The van der Waals surface area contributed by atoms with E-state index < -0.39 is 11.7 Å². The van der Waals surface area contributed by atoms with E-state index in [-0.39, 0.29) is 27.6 Å². The van der Waals surface area contributed by atoms with Gasteiger partial charge in [0.05, 0.1) is 16.3 Å². The van der Waals surface area contributed by atoms with Crippen molar-refractivity contribution >= 4 is 40.7 Å². The van der Waals surface area contributed by atoms with Crippen LogP contribution >= 0.6 is 23.2 Å². The normalized spacial score (nSPS) is 11.4. The number of nitrogens with zero attached hydrogens (tertiary/aromatic N) is 2. The second-order valence-corrected chi connectivity index (χ2v) is 4.55. The molecular weight excluding hydrogens is 316 g/mol. The molecule has 0 spiro atoms. The molecule has 0 aliphatic heterocycles. The molecule has 0 fully saturated rings. The highest BCUT2D eigenvalue weighted by atomic mass is 35.5. The Bertz CT molecular complexity index is 626. The highest BCUT2D eigenvalue weighted by Crippen LogP contribution is 2.34. The first kappa shape index (κ1) is 14.7. The van der Waals surface area contributed by atoms with Crippen LogP contribution in [0.4, 0.5) is 30.6 Å². The van der Waals surface area contributed by atoms with Crippen molar-refractivity contribution in [2.24, 2.45) is 0 Å². The molecule has 4 nitrogen and oxygen atoms in total. The third kappa shape index (κ3) is 3.43. The average molecular weight is 323 g/mol. The third-order valence-corrected chi connectivity index (χ3v) is 2.78. The molecule has 0 radical (unpaired) electrons. The summed E-state index contributed by atoms with van der Waals surface area (Å²) in [6.45, 7) is 0. The summed E-state index contributed by atoms with van der Waals surface area (Å²) >= 11 is 11.5. The fraction of sp³-hybridized carbons (Fsp3) is 0.0909. The number of nitrogens with two attached hydrogens (primary N) is 1. The van der Waals surface area contributed by atoms with Gasteiger partial charge >= 0.3 is 6.18 Å². The van der Waals surface area contributed by atoms with Crippen LogP contribution in [0.5, 0.6) is 0 Å². The lowest BCUT2D eigenvalue weighted by molar-refractivity contribution is -0.137. The van der Waals surface area contributed by atoms with Gasteiger partial charge in [-0.1, -0.05) is 23.2 Å². The Morgan fingerprint density at radius 2 is 1.80 bits per heavy atom. The van der Waals surface area contributed by atoms with Crippen molar-refractivity contribution in [3.8, 4) is 0 Å². The topological polar surface area (TPSA) is 63.8 Å². The van der Waals surface area contributed by atoms with Gasteiger partial charge in [0, 0.05) is 6.07 Å². The second-order valence-electron chi connectivity index (χ2n) is 3.75. The van der Waals surface area contributed by atoms with E-state index in [0.29, 0.717) is 0 Å². The van der Waals surface area contributed by atoms with Crippen LogP contribution in [-0.2, 0) is 6.18 Å². The zero-order chi connectivity index (χ0) is 14.9. The van der Waals surface area contributed by atoms with Crippen molar-refractivity contribution < 1.29 is 13.2 Å². The Kier molecular flexibility index (Phi) is 3.92. The molecule has 2 aromatic rings. The van der Waals surface area contributed by atoms with Crippen molar-refractivity contribution in [1.82, 2.24) is 9.97 Å². The summed E-state index contributed by atoms with van der Waals surface area (Å²) in [4.78, 5) is 7.49. The standard InChI is InChI=1S/C11H7Cl2F3N4/c12-6-3-5(11(14,15)16)1-2-7(6)18-9-4-8(13)19-10(17)20-9/h1-4H,(H3,17,18,19,20). The number of rotatable bonds is 2. The first-order valence-electron chi connectivity index (χ1n) is 5.19. The number of anilines is 3. The van der Waals surface area contributed by atoms with E-state index in [4.69, 9.17) is 28.9 Å². The van der Waals surface area contributed by atoms with Crippen molar-refractivity contribution in [2.45, 2.75) is 6.18 Å². The molecule has 3 N–H and O–H groups in total. The highest BCUT2D eigenvalue weighted by molar-refractivity contribution is 6.33. The minimum Gasteiger partial charge on any atom is -0.368 e. The summed E-state index contributed by atoms with van der Waals surface area (Å²) < 4.78 is 37.5. The van der Waals surface area contributed by atoms with Gasteiger partial charge in [0.15, 0.2) is 0 Å². The molecule has 0 aliphatic rings. The molecule has 2 rings (SSSR count). The Morgan fingerprint density at radius 3 is 2.35 bits per heavy atom. The summed E-state index contributed by atoms with van der Waals surface area (Å²) in [6.07, 6.45) is -4.45. The second kappa shape index (κ2) is 5.34. The summed E-state index contributed by atoms with van der Waals surface area (Å²) in [5.74, 6) is 0.159. The van der Waals surface area contributed by atoms with Gasteiger partial charge in [-0.15, -0.1) is 0 Å². The third-order valence-electron chi connectivity index (χ3n) is 2.27. The molecule has 1 heterocycles. The lowest BCUT2D eigenvalue weighted by Crippen LogP contribution is -2.05. The maximum Gasteiger partial charge on any atom is 0.416 e. The predicted molar refractivity (Wildman–Crippen MR) is 71.2 cm³/mol. The predicted octanol–water partition coefficient (Wildman–Crippen LogP) is 4.13. The molecule has 1 aromatic heterocycles. The number of hydrogen-bond donors (Lipinski definition) is 2. The fourth-order valence-corrected chi connectivity index (χ4v) is 1.85. The molecule has 0 saturated carbocycles. The number of benzene rings is 1. The highest BCUT2D eigenvalue weighted by Gasteiger charge is 2.30. The van der Waals surface area contributed by atoms with Crippen molar-refractivity contribution in [2.75, 3.05) is 11.1 Å². The first-order valence-corrected chi connectivity index (χ1v) is 5.95. The summed E-state index contributed by atoms with van der Waals surface area (Å²) in [6, 6.07) is 4.28. The summed E-state index contributed by atoms with van der Waals surface area (Å²) in [5.41, 5.74) is 4.81. The van der Waals surface area contributed by atoms with Crippen LogP contribution in [-0.4, -0.2) is 9.97 Å². The smallest absolute Gasteiger partial charge is 0.368 e. The van der Waals surface area contributed by atoms with Crippen LogP contribution in [0, 0.1) is 0 Å². The molecule has 0 unspecified atom stereocenters. The van der Waals surface area contributed by atoms with Gasteiger partial charge in [0.1, 0.15) is 11.0 Å². The Hall–Kier alpha value is -1.73. The zero-order valence-electron chi connectivity index (χ0n) is 9.67. The summed E-state index contributed by atoms with van der Waals surface area (Å²) in [7, 11) is 0. The molecule has 1 aromatic carbocycles. The molecule has 0 amide bonds. The van der Waals surface area contributed by atoms with E-state index in [2.05, 4.69) is 15.3 Å². The summed E-state index contributed by atoms with van der Waals surface area (Å²) in [5, 5.41) is 2.71. The minimum atomic E-state index is -4.45. The lowest BCUT2D eigenvalue weighted by atomic mass is 10.2. The fourth-order valence-electron chi connectivity index (χ4n) is 1.43. The van der Waals surface area contributed by atoms with Crippen LogP contribution in [0.3, 0.4) is 0 Å². The van der Waals surface area contributed by atoms with E-state index in [0.717, 1.165) is 12.1 Å². The average Bonchev–Trinajstić information content (AvgIpc) is 2.29. The molecule has 0 atom stereocenters. The van der Waals surface area contributed by atoms with E-state index in [9.17, 15) is 13.2 Å².